The van der Waals surface area contributed by atoms with Gasteiger partial charge < -0.3 is 41.6 Å². The van der Waals surface area contributed by atoms with E-state index in [2.05, 4.69) is 15.3 Å². The number of aromatic nitrogens is 2. The van der Waals surface area contributed by atoms with Crippen molar-refractivity contribution in [3.63, 3.8) is 0 Å². The number of Topliss-reactive ketones (excluding diaryl/α,β-unsaturated/α-hetero) is 2. The number of ketones is 2. The molecule has 1 fully saturated rings. The highest BCUT2D eigenvalue weighted by molar-refractivity contribution is 6.23. The Balaban J connectivity index is 1.67. The van der Waals surface area contributed by atoms with Crippen molar-refractivity contribution in [2.24, 2.45) is 17.6 Å². The van der Waals surface area contributed by atoms with Crippen LogP contribution in [0.25, 0.3) is 5.76 Å². The molecule has 0 bridgehead atoms. The fraction of sp³-hybridized carbons (Fsp3) is 0.360. The molecule has 2 aromatic rings. The Bertz CT molecular complexity index is 1440. The van der Waals surface area contributed by atoms with Crippen molar-refractivity contribution in [2.75, 3.05) is 5.32 Å². The third-order valence-corrected chi connectivity index (χ3v) is 7.76. The number of primary amides is 1. The van der Waals surface area contributed by atoms with Gasteiger partial charge >= 0.3 is 0 Å². The number of nitrogens with one attached hydrogen (secondary N) is 2. The maximum atomic E-state index is 13.7. The summed E-state index contributed by atoms with van der Waals surface area (Å²) < 4.78 is 0. The summed E-state index contributed by atoms with van der Waals surface area (Å²) in [5, 5.41) is 58.6. The zero-order valence-corrected chi connectivity index (χ0v) is 19.9. The van der Waals surface area contributed by atoms with Gasteiger partial charge in [0, 0.05) is 29.5 Å². The second-order valence-corrected chi connectivity index (χ2v) is 9.65. The minimum absolute atomic E-state index is 0.0981. The molecule has 0 spiro atoms. The summed E-state index contributed by atoms with van der Waals surface area (Å²) in [7, 11) is 0. The van der Waals surface area contributed by atoms with E-state index in [1.54, 1.807) is 25.3 Å². The van der Waals surface area contributed by atoms with E-state index >= 15 is 0 Å². The first-order valence-electron chi connectivity index (χ1n) is 11.8. The number of carbonyl (C=O) groups excluding carboxylic acids is 3. The molecule has 9 N–H and O–H groups in total. The van der Waals surface area contributed by atoms with Gasteiger partial charge in [0.25, 0.3) is 5.91 Å². The minimum atomic E-state index is -2.87. The first kappa shape index (κ1) is 24.5. The Labute approximate surface area is 210 Å². The van der Waals surface area contributed by atoms with Crippen LogP contribution in [-0.4, -0.2) is 64.7 Å². The number of fused-ring (bicyclic) bond motifs is 3. The second kappa shape index (κ2) is 8.18. The van der Waals surface area contributed by atoms with Crippen LogP contribution >= 0.6 is 0 Å². The van der Waals surface area contributed by atoms with Crippen molar-refractivity contribution in [2.45, 2.75) is 44.3 Å². The van der Waals surface area contributed by atoms with Gasteiger partial charge in [-0.2, -0.15) is 0 Å². The number of carbonyl (C=O) groups is 3. The number of amides is 1. The molecule has 1 heterocycles. The van der Waals surface area contributed by atoms with Crippen molar-refractivity contribution in [1.82, 2.24) is 9.97 Å². The van der Waals surface area contributed by atoms with Crippen molar-refractivity contribution < 1.29 is 39.9 Å². The van der Waals surface area contributed by atoms with E-state index < -0.39 is 81.8 Å². The average Bonchev–Trinajstić information content (AvgIpc) is 3.30. The molecule has 5 atom stereocenters. The average molecular weight is 511 g/mol. The van der Waals surface area contributed by atoms with Gasteiger partial charge in [0.2, 0.25) is 11.7 Å². The Morgan fingerprint density at radius 1 is 1.27 bits per heavy atom. The molecule has 1 aromatic heterocycles. The van der Waals surface area contributed by atoms with Crippen LogP contribution in [0.1, 0.15) is 43.0 Å². The largest absolute Gasteiger partial charge is 0.508 e. The van der Waals surface area contributed by atoms with E-state index in [9.17, 15) is 39.9 Å². The number of nitrogens with zero attached hydrogens (tertiary/aromatic N) is 1. The zero-order valence-electron chi connectivity index (χ0n) is 19.9. The van der Waals surface area contributed by atoms with E-state index in [0.29, 0.717) is 17.9 Å². The first-order valence-corrected chi connectivity index (χ1v) is 11.8. The molecule has 5 rings (SSSR count). The maximum Gasteiger partial charge on any atom is 0.255 e. The molecule has 3 aliphatic rings. The van der Waals surface area contributed by atoms with Gasteiger partial charge in [-0.15, -0.1) is 0 Å². The number of hydrogen-bond donors (Lipinski definition) is 8. The van der Waals surface area contributed by atoms with Crippen molar-refractivity contribution >= 4 is 34.9 Å². The molecular formula is C25H26N4O8. The number of aryl methyl sites for hydroxylation is 1. The standard InChI is InChI=1S/C25H26N4O8/c1-3-9-7-27-24(28-9)29-12-5-4-10-8(2)14-17(20(33)15(10)19(12)32)22(35)25(37)11(18(14)31)6-13(30)16(21(25)34)23(26)36/h4-5,7-8,11,14,18,31-34,37H,3,6H2,1-2H3,(H2,26,36)(H2,27,28,29)/t8-,11+,14+,18+,25+/m0/s1. The summed E-state index contributed by atoms with van der Waals surface area (Å²) in [6.45, 7) is 3.60. The summed E-state index contributed by atoms with van der Waals surface area (Å²) >= 11 is 0. The lowest BCUT2D eigenvalue weighted by atomic mass is 9.55. The van der Waals surface area contributed by atoms with Crippen LogP contribution in [0.15, 0.2) is 35.2 Å². The quantitative estimate of drug-likeness (QED) is 0.215. The smallest absolute Gasteiger partial charge is 0.255 e. The third kappa shape index (κ3) is 3.22. The lowest BCUT2D eigenvalue weighted by Crippen LogP contribution is -2.63. The molecule has 1 aromatic carbocycles. The third-order valence-electron chi connectivity index (χ3n) is 7.76. The number of nitrogens with two attached hydrogens (primary N) is 1. The summed E-state index contributed by atoms with van der Waals surface area (Å²) in [6, 6.07) is 3.17. The number of aromatic amines is 1. The maximum absolute atomic E-state index is 13.7. The van der Waals surface area contributed by atoms with Crippen LogP contribution in [0.3, 0.4) is 0 Å². The van der Waals surface area contributed by atoms with E-state index in [0.717, 1.165) is 5.69 Å². The van der Waals surface area contributed by atoms with Crippen LogP contribution in [0, 0.1) is 11.8 Å². The molecule has 0 radical (unpaired) electrons. The highest BCUT2D eigenvalue weighted by atomic mass is 16.4. The second-order valence-electron chi connectivity index (χ2n) is 9.65. The van der Waals surface area contributed by atoms with Gasteiger partial charge in [-0.25, -0.2) is 4.98 Å². The topological polar surface area (TPSA) is 219 Å². The van der Waals surface area contributed by atoms with Gasteiger partial charge in [0.15, 0.2) is 11.4 Å². The number of rotatable bonds is 4. The van der Waals surface area contributed by atoms with Crippen LogP contribution in [-0.2, 0) is 20.8 Å². The first-order chi connectivity index (χ1) is 17.4. The lowest BCUT2D eigenvalue weighted by Gasteiger charge is -2.50. The Hall–Kier alpha value is -4.16. The molecule has 12 nitrogen and oxygen atoms in total. The van der Waals surface area contributed by atoms with E-state index in [1.807, 2.05) is 6.92 Å². The molecule has 3 aliphatic carbocycles. The lowest BCUT2D eigenvalue weighted by molar-refractivity contribution is -0.160. The van der Waals surface area contributed by atoms with Gasteiger partial charge in [0.1, 0.15) is 22.8 Å². The van der Waals surface area contributed by atoms with Gasteiger partial charge in [-0.3, -0.25) is 14.4 Å². The van der Waals surface area contributed by atoms with Gasteiger partial charge in [0.05, 0.1) is 23.6 Å². The van der Waals surface area contributed by atoms with Crippen LogP contribution in [0.5, 0.6) is 5.75 Å². The fourth-order valence-electron chi connectivity index (χ4n) is 5.83. The molecule has 12 heteroatoms. The van der Waals surface area contributed by atoms with E-state index in [4.69, 9.17) is 5.73 Å². The molecule has 0 unspecified atom stereocenters. The normalized spacial score (nSPS) is 29.1. The predicted octanol–water partition coefficient (Wildman–Crippen LogP) is 0.985. The summed E-state index contributed by atoms with van der Waals surface area (Å²) in [4.78, 5) is 45.2. The molecule has 1 saturated carbocycles. The Morgan fingerprint density at radius 3 is 2.59 bits per heavy atom. The highest BCUT2D eigenvalue weighted by Crippen LogP contribution is 2.56. The number of phenols is 1. The molecule has 0 saturated heterocycles. The molecule has 37 heavy (non-hydrogen) atoms. The fourth-order valence-corrected chi connectivity index (χ4v) is 5.83. The number of benzene rings is 1. The van der Waals surface area contributed by atoms with Crippen LogP contribution < -0.4 is 11.1 Å². The van der Waals surface area contributed by atoms with Gasteiger partial charge in [-0.1, -0.05) is 19.9 Å². The monoisotopic (exact) mass is 510 g/mol. The molecule has 1 amide bonds. The number of aliphatic hydroxyl groups excluding tert-OH is 3. The predicted molar refractivity (Wildman–Crippen MR) is 129 cm³/mol. The number of anilines is 2. The molecular weight excluding hydrogens is 484 g/mol. The minimum Gasteiger partial charge on any atom is -0.508 e. The van der Waals surface area contributed by atoms with Crippen LogP contribution in [0.2, 0.25) is 0 Å². The van der Waals surface area contributed by atoms with E-state index in [1.165, 1.54) is 0 Å². The number of H-pyrrole nitrogens is 1. The van der Waals surface area contributed by atoms with Gasteiger partial charge in [-0.05, 0) is 24.0 Å². The van der Waals surface area contributed by atoms with Crippen molar-refractivity contribution in [1.29, 1.82) is 0 Å². The summed E-state index contributed by atoms with van der Waals surface area (Å²) in [5.74, 6) is -8.68. The molecule has 194 valence electrons. The number of aromatic hydroxyl groups is 1. The molecule has 0 aliphatic heterocycles. The number of hydrogen-bond acceptors (Lipinski definition) is 10. The number of phenolic OH excluding ortho intramolecular Hbond substituents is 1. The van der Waals surface area contributed by atoms with Crippen molar-refractivity contribution in [3.8, 4) is 5.75 Å². The zero-order chi connectivity index (χ0) is 27.0. The Kier molecular flexibility index (Phi) is 5.42. The van der Waals surface area contributed by atoms with Crippen molar-refractivity contribution in [3.05, 3.63) is 52.1 Å². The summed E-state index contributed by atoms with van der Waals surface area (Å²) in [6.07, 6.45) is 0.139. The SMILES string of the molecule is CCc1cnc(Nc2ccc3c(c2O)C(O)=C2C(=O)[C@]4(O)C(O)=C(C(N)=O)C(=O)C[C@@H]4[C@@H](O)[C@@H]2[C@H]3C)[nH]1. The highest BCUT2D eigenvalue weighted by Gasteiger charge is 2.64. The van der Waals surface area contributed by atoms with E-state index in [-0.39, 0.29) is 11.3 Å². The Morgan fingerprint density at radius 2 is 1.97 bits per heavy atom. The number of imidazole rings is 1. The number of aliphatic hydroxyl groups is 4. The van der Waals surface area contributed by atoms with Crippen LogP contribution in [0.4, 0.5) is 11.6 Å². The summed E-state index contributed by atoms with van der Waals surface area (Å²) in [5.41, 5.74) is 2.29.